The Morgan fingerprint density at radius 1 is 0.711 bits per heavy atom. The third-order valence-electron chi connectivity index (χ3n) is 5.85. The van der Waals surface area contributed by atoms with Gasteiger partial charge in [-0.2, -0.15) is 18.6 Å². The number of hydrogen-bond donors (Lipinski definition) is 3. The number of rotatable bonds is 10. The number of hydrogen-bond acceptors (Lipinski definition) is 9. The molecule has 0 spiro atoms. The third kappa shape index (κ3) is 6.45. The lowest BCUT2D eigenvalue weighted by atomic mass is 10.1. The number of benzene rings is 4. The second-order valence-electron chi connectivity index (χ2n) is 8.42. The molecule has 0 aliphatic heterocycles. The van der Waals surface area contributed by atoms with Crippen molar-refractivity contribution >= 4 is 49.3 Å². The molecule has 4 aromatic rings. The molecule has 0 bridgehead atoms. The highest BCUT2D eigenvalue weighted by Crippen LogP contribution is 2.37. The number of aryl methyl sites for hydroxylation is 1. The summed E-state index contributed by atoms with van der Waals surface area (Å²) in [6.07, 6.45) is 0. The molecule has 4 aromatic carbocycles. The Labute approximate surface area is 220 Å². The monoisotopic (exact) mass is 533 g/mol. The minimum absolute atomic E-state index is 0.0334. The number of azo groups is 2. The molecule has 0 heterocycles. The van der Waals surface area contributed by atoms with Crippen molar-refractivity contribution in [3.63, 3.8) is 0 Å². The predicted octanol–water partition coefficient (Wildman–Crippen LogP) is 6.02. The molecule has 0 radical (unpaired) electrons. The average molecular weight is 534 g/mol. The number of anilines is 1. The van der Waals surface area contributed by atoms with Crippen molar-refractivity contribution in [2.24, 2.45) is 20.5 Å². The van der Waals surface area contributed by atoms with E-state index in [4.69, 9.17) is 0 Å². The summed E-state index contributed by atoms with van der Waals surface area (Å²) in [6, 6.07) is 22.2. The van der Waals surface area contributed by atoms with Crippen molar-refractivity contribution in [2.75, 3.05) is 31.2 Å². The Morgan fingerprint density at radius 3 is 1.95 bits per heavy atom. The van der Waals surface area contributed by atoms with E-state index in [2.05, 4.69) is 20.5 Å². The van der Waals surface area contributed by atoms with Gasteiger partial charge in [0.05, 0.1) is 40.9 Å². The maximum Gasteiger partial charge on any atom is 0.294 e. The molecule has 0 saturated heterocycles. The van der Waals surface area contributed by atoms with Crippen molar-refractivity contribution in [2.45, 2.75) is 11.8 Å². The zero-order valence-corrected chi connectivity index (χ0v) is 21.5. The van der Waals surface area contributed by atoms with Crippen LogP contribution in [0.2, 0.25) is 0 Å². The van der Waals surface area contributed by atoms with Crippen LogP contribution in [0.1, 0.15) is 5.56 Å². The largest absolute Gasteiger partial charge is 0.395 e. The Morgan fingerprint density at radius 2 is 1.32 bits per heavy atom. The molecule has 38 heavy (non-hydrogen) atoms. The number of nitrogens with zero attached hydrogens (tertiary/aromatic N) is 5. The van der Waals surface area contributed by atoms with Gasteiger partial charge < -0.3 is 15.1 Å². The molecule has 3 N–H and O–H groups in total. The summed E-state index contributed by atoms with van der Waals surface area (Å²) in [7, 11) is -4.43. The molecule has 0 fully saturated rings. The Kier molecular flexibility index (Phi) is 8.54. The van der Waals surface area contributed by atoms with Gasteiger partial charge in [0.15, 0.2) is 0 Å². The number of aliphatic hydroxyl groups excluding tert-OH is 2. The molecule has 11 heteroatoms. The van der Waals surface area contributed by atoms with Crippen LogP contribution < -0.4 is 4.90 Å². The molecule has 4 rings (SSSR count). The maximum atomic E-state index is 11.8. The van der Waals surface area contributed by atoms with E-state index in [9.17, 15) is 23.2 Å². The van der Waals surface area contributed by atoms with Crippen molar-refractivity contribution in [3.05, 3.63) is 84.4 Å². The van der Waals surface area contributed by atoms with Crippen molar-refractivity contribution in [1.82, 2.24) is 0 Å². The minimum atomic E-state index is -4.43. The molecule has 0 aliphatic rings. The second-order valence-corrected chi connectivity index (χ2v) is 9.84. The smallest absolute Gasteiger partial charge is 0.294 e. The molecule has 0 aliphatic carbocycles. The summed E-state index contributed by atoms with van der Waals surface area (Å²) in [5.74, 6) is 0. The van der Waals surface area contributed by atoms with E-state index < -0.39 is 10.1 Å². The van der Waals surface area contributed by atoms with E-state index in [1.807, 2.05) is 48.2 Å². The van der Waals surface area contributed by atoms with Crippen LogP contribution in [0.15, 0.2) is 104 Å². The van der Waals surface area contributed by atoms with Gasteiger partial charge in [-0.3, -0.25) is 4.55 Å². The quantitative estimate of drug-likeness (QED) is 0.168. The van der Waals surface area contributed by atoms with Gasteiger partial charge in [0.2, 0.25) is 0 Å². The minimum Gasteiger partial charge on any atom is -0.395 e. The van der Waals surface area contributed by atoms with Crippen molar-refractivity contribution in [1.29, 1.82) is 0 Å². The van der Waals surface area contributed by atoms with Gasteiger partial charge in [0.25, 0.3) is 10.1 Å². The summed E-state index contributed by atoms with van der Waals surface area (Å²) >= 11 is 0. The molecule has 0 aromatic heterocycles. The first-order valence-corrected chi connectivity index (χ1v) is 13.2. The summed E-state index contributed by atoms with van der Waals surface area (Å²) in [6.45, 7) is 2.64. The fourth-order valence-corrected chi connectivity index (χ4v) is 4.37. The molecule has 10 nitrogen and oxygen atoms in total. The van der Waals surface area contributed by atoms with Crippen LogP contribution in [0.4, 0.5) is 28.4 Å². The Bertz CT molecular complexity index is 1580. The highest BCUT2D eigenvalue weighted by atomic mass is 32.2. The molecule has 0 saturated carbocycles. The molecule has 0 amide bonds. The second kappa shape index (κ2) is 12.0. The molecule has 196 valence electrons. The van der Waals surface area contributed by atoms with E-state index >= 15 is 0 Å². The Hall–Kier alpha value is -4.03. The van der Waals surface area contributed by atoms with Gasteiger partial charge in [-0.15, -0.1) is 10.2 Å². The molecule has 0 unspecified atom stereocenters. The lowest BCUT2D eigenvalue weighted by Crippen LogP contribution is -2.29. The van der Waals surface area contributed by atoms with Gasteiger partial charge >= 0.3 is 0 Å². The summed E-state index contributed by atoms with van der Waals surface area (Å²) < 4.78 is 33.2. The van der Waals surface area contributed by atoms with Gasteiger partial charge in [-0.1, -0.05) is 24.3 Å². The first kappa shape index (κ1) is 27.0. The van der Waals surface area contributed by atoms with E-state index in [0.717, 1.165) is 11.3 Å². The van der Waals surface area contributed by atoms with Gasteiger partial charge in [-0.25, -0.2) is 0 Å². The van der Waals surface area contributed by atoms with Crippen LogP contribution in [0, 0.1) is 6.92 Å². The lowest BCUT2D eigenvalue weighted by Gasteiger charge is -2.22. The summed E-state index contributed by atoms with van der Waals surface area (Å²) in [5.41, 5.74) is 3.90. The van der Waals surface area contributed by atoms with Gasteiger partial charge in [0, 0.05) is 29.5 Å². The first-order chi connectivity index (χ1) is 18.3. The van der Waals surface area contributed by atoms with Gasteiger partial charge in [0.1, 0.15) is 0 Å². The van der Waals surface area contributed by atoms with E-state index in [1.165, 1.54) is 12.1 Å². The zero-order valence-electron chi connectivity index (χ0n) is 20.6. The highest BCUT2D eigenvalue weighted by Gasteiger charge is 2.14. The predicted molar refractivity (Wildman–Crippen MR) is 146 cm³/mol. The SMILES string of the molecule is Cc1ccccc1N=Nc1ccc(N=Nc2ccc(N(CCO)CCO)cc2)c2ccc(S(=O)(=O)O)cc12. The standard InChI is InChI=1S/C27H27N5O5S/c1-19-4-2-3-5-25(19)29-31-27-13-12-26(23-11-10-22(18-24(23)27)38(35,36)37)30-28-20-6-8-21(9-7-20)32(14-16-33)15-17-34/h2-13,18,33-34H,14-17H2,1H3,(H,35,36,37). The third-order valence-corrected chi connectivity index (χ3v) is 6.70. The lowest BCUT2D eigenvalue weighted by molar-refractivity contribution is 0.281. The van der Waals surface area contributed by atoms with Crippen LogP contribution in [0.3, 0.4) is 0 Å². The molecule has 0 atom stereocenters. The Balaban J connectivity index is 1.70. The molecular weight excluding hydrogens is 506 g/mol. The van der Waals surface area contributed by atoms with Crippen molar-refractivity contribution in [3.8, 4) is 0 Å². The average Bonchev–Trinajstić information content (AvgIpc) is 2.91. The molecular formula is C27H27N5O5S. The topological polar surface area (TPSA) is 148 Å². The van der Waals surface area contributed by atoms with Crippen LogP contribution in [-0.2, 0) is 10.1 Å². The summed E-state index contributed by atoms with van der Waals surface area (Å²) in [4.78, 5) is 1.59. The fourth-order valence-electron chi connectivity index (χ4n) is 3.87. The number of aliphatic hydroxyl groups is 2. The van der Waals surface area contributed by atoms with Crippen LogP contribution in [0.5, 0.6) is 0 Å². The van der Waals surface area contributed by atoms with Crippen molar-refractivity contribution < 1.29 is 23.2 Å². The fraction of sp³-hybridized carbons (Fsp3) is 0.185. The number of fused-ring (bicyclic) bond motifs is 1. The normalized spacial score (nSPS) is 12.1. The summed E-state index contributed by atoms with van der Waals surface area (Å²) in [5, 5.41) is 36.8. The van der Waals surface area contributed by atoms with E-state index in [-0.39, 0.29) is 18.1 Å². The maximum absolute atomic E-state index is 11.8. The highest BCUT2D eigenvalue weighted by molar-refractivity contribution is 7.85. The van der Waals surface area contributed by atoms with E-state index in [1.54, 1.807) is 30.3 Å². The van der Waals surface area contributed by atoms with E-state index in [0.29, 0.717) is 46.6 Å². The van der Waals surface area contributed by atoms with Crippen LogP contribution >= 0.6 is 0 Å². The van der Waals surface area contributed by atoms with Crippen LogP contribution in [0.25, 0.3) is 10.8 Å². The first-order valence-electron chi connectivity index (χ1n) is 11.8. The van der Waals surface area contributed by atoms with Gasteiger partial charge in [-0.05, 0) is 67.1 Å². The zero-order chi connectivity index (χ0) is 27.1. The van der Waals surface area contributed by atoms with Crippen LogP contribution in [-0.4, -0.2) is 49.5 Å².